The van der Waals surface area contributed by atoms with E-state index in [9.17, 15) is 9.90 Å². The highest BCUT2D eigenvalue weighted by molar-refractivity contribution is 6.31. The van der Waals surface area contributed by atoms with Gasteiger partial charge in [0.15, 0.2) is 0 Å². The highest BCUT2D eigenvalue weighted by Crippen LogP contribution is 2.30. The minimum Gasteiger partial charge on any atom is -0.396 e. The molecule has 0 bridgehead atoms. The summed E-state index contributed by atoms with van der Waals surface area (Å²) < 4.78 is 0. The molecule has 1 aliphatic heterocycles. The molecule has 1 fully saturated rings. The smallest absolute Gasteiger partial charge is 0.222 e. The summed E-state index contributed by atoms with van der Waals surface area (Å²) in [5.74, 6) is 0.0635. The fraction of sp³-hybridized carbons (Fsp3) is 0.321. The maximum Gasteiger partial charge on any atom is 0.222 e. The van der Waals surface area contributed by atoms with Gasteiger partial charge in [-0.2, -0.15) is 0 Å². The number of hydrogen-bond donors (Lipinski definition) is 1. The Morgan fingerprint density at radius 2 is 1.24 bits per heavy atom. The molecule has 192 valence electrons. The molecule has 0 spiro atoms. The second kappa shape index (κ2) is 11.5. The molecule has 5 rings (SSSR count). The predicted molar refractivity (Wildman–Crippen MR) is 151 cm³/mol. The topological polar surface area (TPSA) is 72.8 Å². The van der Waals surface area contributed by atoms with E-state index in [1.807, 2.05) is 65.8 Å². The van der Waals surface area contributed by atoms with Crippen molar-refractivity contribution in [3.8, 4) is 0 Å². The van der Waals surface area contributed by atoms with Crippen LogP contribution in [0.1, 0.15) is 12.8 Å². The third-order valence-corrected chi connectivity index (χ3v) is 7.34. The number of hydrogen-bond acceptors (Lipinski definition) is 6. The van der Waals surface area contributed by atoms with Crippen molar-refractivity contribution in [3.05, 3.63) is 71.0 Å². The van der Waals surface area contributed by atoms with Crippen LogP contribution in [0.5, 0.6) is 0 Å². The third kappa shape index (κ3) is 5.74. The number of rotatable bonds is 5. The second-order valence-electron chi connectivity index (χ2n) is 9.17. The second-order valence-corrected chi connectivity index (χ2v) is 10.0. The number of anilines is 2. The molecule has 4 aromatic rings. The fourth-order valence-electron chi connectivity index (χ4n) is 4.94. The number of aromatic nitrogens is 2. The molecule has 0 aliphatic carbocycles. The van der Waals surface area contributed by atoms with E-state index in [0.717, 1.165) is 46.3 Å². The highest BCUT2D eigenvalue weighted by Gasteiger charge is 2.22. The summed E-state index contributed by atoms with van der Waals surface area (Å²) in [5.41, 5.74) is 3.82. The number of aliphatic hydroxyl groups is 1. The highest BCUT2D eigenvalue weighted by atomic mass is 35.5. The average molecular weight is 538 g/mol. The first-order valence-corrected chi connectivity index (χ1v) is 13.3. The van der Waals surface area contributed by atoms with Crippen molar-refractivity contribution in [3.63, 3.8) is 0 Å². The first-order chi connectivity index (χ1) is 18.0. The molecule has 0 radical (unpaired) electrons. The molecule has 3 heterocycles. The summed E-state index contributed by atoms with van der Waals surface area (Å²) in [4.78, 5) is 28.6. The lowest BCUT2D eigenvalue weighted by atomic mass is 10.1. The number of carbonyl (C=O) groups excluding carboxylic acids is 1. The largest absolute Gasteiger partial charge is 0.396 e. The fourth-order valence-corrected chi connectivity index (χ4v) is 5.28. The third-order valence-electron chi connectivity index (χ3n) is 6.87. The number of amides is 1. The number of halogens is 2. The lowest BCUT2D eigenvalue weighted by molar-refractivity contribution is -0.131. The predicted octanol–water partition coefficient (Wildman–Crippen LogP) is 5.02. The molecule has 0 atom stereocenters. The van der Waals surface area contributed by atoms with Gasteiger partial charge in [0.2, 0.25) is 5.91 Å². The molecule has 1 N–H and O–H groups in total. The van der Waals surface area contributed by atoms with Crippen LogP contribution in [0.4, 0.5) is 11.4 Å². The van der Waals surface area contributed by atoms with Crippen molar-refractivity contribution in [2.45, 2.75) is 12.8 Å². The Hall–Kier alpha value is -3.13. The minimum absolute atomic E-state index is 0.00889. The number of carbonyl (C=O) groups is 1. The van der Waals surface area contributed by atoms with Crippen LogP contribution in [0.15, 0.2) is 60.9 Å². The Kier molecular flexibility index (Phi) is 7.93. The van der Waals surface area contributed by atoms with Crippen LogP contribution < -0.4 is 9.80 Å². The summed E-state index contributed by atoms with van der Waals surface area (Å²) in [6.07, 6.45) is 4.42. The van der Waals surface area contributed by atoms with Gasteiger partial charge in [0.05, 0.1) is 11.0 Å². The van der Waals surface area contributed by atoms with E-state index < -0.39 is 0 Å². The van der Waals surface area contributed by atoms with Gasteiger partial charge in [-0.3, -0.25) is 14.8 Å². The molecular formula is C28H29Cl2N5O2. The molecule has 9 heteroatoms. The lowest BCUT2D eigenvalue weighted by Crippen LogP contribution is -2.40. The van der Waals surface area contributed by atoms with E-state index in [-0.39, 0.29) is 12.5 Å². The Labute approximate surface area is 226 Å². The van der Waals surface area contributed by atoms with Crippen molar-refractivity contribution in [2.75, 3.05) is 55.7 Å². The van der Waals surface area contributed by atoms with E-state index in [1.54, 1.807) is 0 Å². The first-order valence-electron chi connectivity index (χ1n) is 12.5. The van der Waals surface area contributed by atoms with Crippen LogP contribution in [0.25, 0.3) is 21.8 Å². The standard InChI is InChI=1S/C28H29Cl2N5O2/c29-20-3-5-22-24(18-20)31-9-7-26(22)33-11-12-34(14-16-35(15-13-33)28(37)2-1-17-36)27-8-10-32-25-19-21(30)4-6-23(25)27/h3-10,18-19,36H,1-2,11-17H2. The molecule has 1 aliphatic rings. The number of pyridine rings is 2. The van der Waals surface area contributed by atoms with Crippen LogP contribution in [0, 0.1) is 0 Å². The van der Waals surface area contributed by atoms with Gasteiger partial charge < -0.3 is 19.8 Å². The monoisotopic (exact) mass is 537 g/mol. The van der Waals surface area contributed by atoms with Crippen molar-refractivity contribution in [2.24, 2.45) is 0 Å². The lowest BCUT2D eigenvalue weighted by Gasteiger charge is -2.30. The SMILES string of the molecule is O=C(CCCO)N1CCN(c2ccnc3cc(Cl)ccc23)CCN(c2ccnc3cc(Cl)ccc23)CC1. The normalized spacial score (nSPS) is 15.1. The van der Waals surface area contributed by atoms with Gasteiger partial charge in [-0.05, 0) is 55.0 Å². The quantitative estimate of drug-likeness (QED) is 0.385. The maximum atomic E-state index is 13.0. The van der Waals surface area contributed by atoms with E-state index in [0.29, 0.717) is 49.1 Å². The summed E-state index contributed by atoms with van der Waals surface area (Å²) in [5, 5.41) is 12.6. The summed E-state index contributed by atoms with van der Waals surface area (Å²) in [6.45, 7) is 4.11. The van der Waals surface area contributed by atoms with Crippen LogP contribution in [0.2, 0.25) is 10.0 Å². The van der Waals surface area contributed by atoms with Crippen molar-refractivity contribution in [1.29, 1.82) is 0 Å². The van der Waals surface area contributed by atoms with Gasteiger partial charge in [-0.15, -0.1) is 0 Å². The van der Waals surface area contributed by atoms with Gasteiger partial charge in [0, 0.05) is 96.9 Å². The summed E-state index contributed by atoms with van der Waals surface area (Å²) in [7, 11) is 0. The van der Waals surface area contributed by atoms with Crippen molar-refractivity contribution >= 4 is 62.3 Å². The molecule has 0 unspecified atom stereocenters. The molecule has 2 aromatic carbocycles. The molecular weight excluding hydrogens is 509 g/mol. The van der Waals surface area contributed by atoms with Crippen LogP contribution in [-0.2, 0) is 4.79 Å². The van der Waals surface area contributed by atoms with Crippen LogP contribution in [-0.4, -0.2) is 71.8 Å². The molecule has 0 saturated carbocycles. The van der Waals surface area contributed by atoms with Gasteiger partial charge in [0.1, 0.15) is 0 Å². The first kappa shape index (κ1) is 25.5. The summed E-state index contributed by atoms with van der Waals surface area (Å²) in [6, 6.07) is 15.6. The Morgan fingerprint density at radius 1 is 0.757 bits per heavy atom. The zero-order chi connectivity index (χ0) is 25.8. The average Bonchev–Trinajstić information content (AvgIpc) is 3.01. The number of benzene rings is 2. The zero-order valence-corrected chi connectivity index (χ0v) is 22.0. The Bertz CT molecular complexity index is 1320. The molecule has 7 nitrogen and oxygen atoms in total. The molecule has 37 heavy (non-hydrogen) atoms. The van der Waals surface area contributed by atoms with E-state index >= 15 is 0 Å². The molecule has 1 amide bonds. The zero-order valence-electron chi connectivity index (χ0n) is 20.5. The minimum atomic E-state index is 0.00889. The van der Waals surface area contributed by atoms with Crippen LogP contribution in [0.3, 0.4) is 0 Å². The Balaban J connectivity index is 1.51. The van der Waals surface area contributed by atoms with E-state index in [4.69, 9.17) is 23.2 Å². The summed E-state index contributed by atoms with van der Waals surface area (Å²) >= 11 is 12.5. The molecule has 2 aromatic heterocycles. The van der Waals surface area contributed by atoms with Gasteiger partial charge in [0.25, 0.3) is 0 Å². The van der Waals surface area contributed by atoms with Crippen LogP contribution >= 0.6 is 23.2 Å². The molecule has 1 saturated heterocycles. The van der Waals surface area contributed by atoms with E-state index in [1.165, 1.54) is 0 Å². The van der Waals surface area contributed by atoms with E-state index in [2.05, 4.69) is 19.8 Å². The Morgan fingerprint density at radius 3 is 1.73 bits per heavy atom. The maximum absolute atomic E-state index is 13.0. The van der Waals surface area contributed by atoms with Gasteiger partial charge >= 0.3 is 0 Å². The number of aliphatic hydroxyl groups excluding tert-OH is 1. The van der Waals surface area contributed by atoms with Gasteiger partial charge in [-0.1, -0.05) is 23.2 Å². The number of nitrogens with zero attached hydrogens (tertiary/aromatic N) is 5. The number of fused-ring (bicyclic) bond motifs is 2. The van der Waals surface area contributed by atoms with Crippen molar-refractivity contribution in [1.82, 2.24) is 14.9 Å². The van der Waals surface area contributed by atoms with Crippen molar-refractivity contribution < 1.29 is 9.90 Å². The van der Waals surface area contributed by atoms with Gasteiger partial charge in [-0.25, -0.2) is 0 Å².